The zero-order valence-corrected chi connectivity index (χ0v) is 7.73. The van der Waals surface area contributed by atoms with E-state index in [1.807, 2.05) is 28.5 Å². The lowest BCUT2D eigenvalue weighted by molar-refractivity contribution is 0.898. The van der Waals surface area contributed by atoms with Crippen LogP contribution in [0.5, 0.6) is 0 Å². The molecule has 0 aliphatic carbocycles. The number of hydrogen-bond acceptors (Lipinski definition) is 2. The van der Waals surface area contributed by atoms with Crippen LogP contribution in [0.1, 0.15) is 26.7 Å². The van der Waals surface area contributed by atoms with Crippen LogP contribution in [0.3, 0.4) is 0 Å². The summed E-state index contributed by atoms with van der Waals surface area (Å²) in [5.41, 5.74) is 0. The molecule has 0 aromatic heterocycles. The Balaban J connectivity index is 2.75. The first-order valence-electron chi connectivity index (χ1n) is 3.31. The van der Waals surface area contributed by atoms with Crippen LogP contribution in [-0.4, -0.2) is 5.75 Å². The topological polar surface area (TPSA) is 0 Å². The Bertz CT molecular complexity index is 69.3. The maximum absolute atomic E-state index is 2.22. The molecule has 0 aromatic rings. The molecule has 0 saturated heterocycles. The first-order valence-corrected chi connectivity index (χ1v) is 5.69. The molecule has 0 spiro atoms. The largest absolute Gasteiger partial charge is 0.0896 e. The summed E-state index contributed by atoms with van der Waals surface area (Å²) >= 11 is 0. The monoisotopic (exact) mass is 162 g/mol. The van der Waals surface area contributed by atoms with Gasteiger partial charge < -0.3 is 0 Å². The van der Waals surface area contributed by atoms with E-state index < -0.39 is 0 Å². The molecule has 0 aromatic carbocycles. The second-order valence-electron chi connectivity index (χ2n) is 1.74. The molecule has 0 saturated carbocycles. The van der Waals surface area contributed by atoms with Gasteiger partial charge in [-0.15, -0.1) is 0 Å². The minimum absolute atomic E-state index is 1.28. The van der Waals surface area contributed by atoms with Crippen LogP contribution in [0, 0.1) is 0 Å². The summed E-state index contributed by atoms with van der Waals surface area (Å²) in [5, 5.41) is 2.13. The quantitative estimate of drug-likeness (QED) is 0.446. The minimum Gasteiger partial charge on any atom is -0.0896 e. The second-order valence-corrected chi connectivity index (χ2v) is 4.13. The number of unbranched alkanes of at least 4 members (excludes halogenated alkanes) is 1. The normalized spacial score (nSPS) is 10.9. The summed E-state index contributed by atoms with van der Waals surface area (Å²) in [4.78, 5) is 0. The van der Waals surface area contributed by atoms with Gasteiger partial charge in [-0.2, -0.15) is 0 Å². The Morgan fingerprint density at radius 3 is 2.78 bits per heavy atom. The van der Waals surface area contributed by atoms with E-state index in [2.05, 4.69) is 18.4 Å². The molecule has 0 radical (unpaired) electrons. The average molecular weight is 162 g/mol. The van der Waals surface area contributed by atoms with Gasteiger partial charge in [-0.25, -0.2) is 0 Å². The molecule has 54 valence electrons. The molecule has 9 heavy (non-hydrogen) atoms. The van der Waals surface area contributed by atoms with Crippen LogP contribution in [0.2, 0.25) is 0 Å². The maximum atomic E-state index is 2.22. The third kappa shape index (κ3) is 8.44. The molecule has 0 amide bonds. The van der Waals surface area contributed by atoms with Crippen molar-refractivity contribution in [2.45, 2.75) is 26.7 Å². The Labute approximate surface area is 65.9 Å². The highest BCUT2D eigenvalue weighted by molar-refractivity contribution is 8.77. The Morgan fingerprint density at radius 1 is 1.44 bits per heavy atom. The maximum Gasteiger partial charge on any atom is 0.00400 e. The minimum atomic E-state index is 1.28. The third-order valence-electron chi connectivity index (χ3n) is 0.841. The van der Waals surface area contributed by atoms with Gasteiger partial charge >= 0.3 is 0 Å². The molecule has 0 N–H and O–H groups in total. The van der Waals surface area contributed by atoms with Gasteiger partial charge in [0.15, 0.2) is 0 Å². The van der Waals surface area contributed by atoms with Crippen molar-refractivity contribution in [1.82, 2.24) is 0 Å². The lowest BCUT2D eigenvalue weighted by Crippen LogP contribution is -1.70. The highest BCUT2D eigenvalue weighted by Crippen LogP contribution is 2.23. The molecular weight excluding hydrogens is 148 g/mol. The fraction of sp³-hybridized carbons (Fsp3) is 0.714. The Kier molecular flexibility index (Phi) is 8.85. The van der Waals surface area contributed by atoms with E-state index in [9.17, 15) is 0 Å². The summed E-state index contributed by atoms with van der Waals surface area (Å²) in [6, 6.07) is 0. The Hall–Kier alpha value is 0.440. The summed E-state index contributed by atoms with van der Waals surface area (Å²) in [5.74, 6) is 1.28. The van der Waals surface area contributed by atoms with E-state index >= 15 is 0 Å². The van der Waals surface area contributed by atoms with Crippen LogP contribution >= 0.6 is 21.6 Å². The molecule has 0 unspecified atom stereocenters. The van der Waals surface area contributed by atoms with Gasteiger partial charge in [0, 0.05) is 5.75 Å². The summed E-state index contributed by atoms with van der Waals surface area (Å²) in [7, 11) is 3.76. The van der Waals surface area contributed by atoms with Crippen molar-refractivity contribution in [3.8, 4) is 0 Å². The van der Waals surface area contributed by atoms with E-state index in [0.717, 1.165) is 0 Å². The van der Waals surface area contributed by atoms with E-state index in [4.69, 9.17) is 0 Å². The summed E-state index contributed by atoms with van der Waals surface area (Å²) < 4.78 is 0. The zero-order chi connectivity index (χ0) is 6.95. The van der Waals surface area contributed by atoms with Crippen molar-refractivity contribution in [2.75, 3.05) is 5.75 Å². The second kappa shape index (κ2) is 8.44. The average Bonchev–Trinajstić information content (AvgIpc) is 1.89. The van der Waals surface area contributed by atoms with Crippen LogP contribution in [0.25, 0.3) is 0 Å². The highest BCUT2D eigenvalue weighted by Gasteiger charge is 1.82. The van der Waals surface area contributed by atoms with Crippen LogP contribution < -0.4 is 0 Å². The van der Waals surface area contributed by atoms with Crippen molar-refractivity contribution in [1.29, 1.82) is 0 Å². The SMILES string of the molecule is C/C=C/SSCCCC. The predicted octanol–water partition coefficient (Wildman–Crippen LogP) is 3.70. The molecule has 2 heteroatoms. The van der Waals surface area contributed by atoms with E-state index in [0.29, 0.717) is 0 Å². The molecule has 0 nitrogen and oxygen atoms in total. The first kappa shape index (κ1) is 9.44. The van der Waals surface area contributed by atoms with Gasteiger partial charge in [-0.05, 0) is 18.8 Å². The third-order valence-corrected chi connectivity index (χ3v) is 3.06. The highest BCUT2D eigenvalue weighted by atomic mass is 33.1. The fourth-order valence-electron chi connectivity index (χ4n) is 0.346. The molecule has 0 heterocycles. The standard InChI is InChI=1S/C7H14S2/c1-3-5-7-9-8-6-4-2/h4,6H,3,5,7H2,1-2H3/b6-4+. The van der Waals surface area contributed by atoms with Crippen molar-refractivity contribution in [3.05, 3.63) is 11.5 Å². The van der Waals surface area contributed by atoms with Gasteiger partial charge in [0.2, 0.25) is 0 Å². The first-order chi connectivity index (χ1) is 4.41. The summed E-state index contributed by atoms with van der Waals surface area (Å²) in [6.07, 6.45) is 4.72. The van der Waals surface area contributed by atoms with Crippen LogP contribution in [0.4, 0.5) is 0 Å². The van der Waals surface area contributed by atoms with Crippen molar-refractivity contribution in [2.24, 2.45) is 0 Å². The molecular formula is C7H14S2. The lowest BCUT2D eigenvalue weighted by Gasteiger charge is -1.91. The van der Waals surface area contributed by atoms with E-state index in [-0.39, 0.29) is 0 Å². The van der Waals surface area contributed by atoms with E-state index in [1.54, 1.807) is 0 Å². The fourth-order valence-corrected chi connectivity index (χ4v) is 2.25. The van der Waals surface area contributed by atoms with Gasteiger partial charge in [-0.3, -0.25) is 0 Å². The molecule has 0 bridgehead atoms. The van der Waals surface area contributed by atoms with Crippen LogP contribution in [0.15, 0.2) is 11.5 Å². The predicted molar refractivity (Wildman–Crippen MR) is 49.8 cm³/mol. The molecule has 0 atom stereocenters. The van der Waals surface area contributed by atoms with Gasteiger partial charge in [-0.1, -0.05) is 41.0 Å². The zero-order valence-electron chi connectivity index (χ0n) is 6.09. The molecule has 0 fully saturated rings. The smallest absolute Gasteiger partial charge is 0.00400 e. The van der Waals surface area contributed by atoms with Crippen LogP contribution in [-0.2, 0) is 0 Å². The number of rotatable bonds is 5. The Morgan fingerprint density at radius 2 is 2.22 bits per heavy atom. The van der Waals surface area contributed by atoms with Crippen molar-refractivity contribution in [3.63, 3.8) is 0 Å². The van der Waals surface area contributed by atoms with Gasteiger partial charge in [0.25, 0.3) is 0 Å². The van der Waals surface area contributed by atoms with E-state index in [1.165, 1.54) is 18.6 Å². The van der Waals surface area contributed by atoms with Crippen molar-refractivity contribution < 1.29 is 0 Å². The molecule has 0 rings (SSSR count). The number of hydrogen-bond donors (Lipinski definition) is 0. The molecule has 0 aliphatic heterocycles. The summed E-state index contributed by atoms with van der Waals surface area (Å²) in [6.45, 7) is 4.27. The van der Waals surface area contributed by atoms with Gasteiger partial charge in [0.1, 0.15) is 0 Å². The number of allylic oxidation sites excluding steroid dienone is 1. The van der Waals surface area contributed by atoms with Crippen molar-refractivity contribution >= 4 is 21.6 Å². The molecule has 0 aliphatic rings. The lowest BCUT2D eigenvalue weighted by atomic mass is 10.4. The van der Waals surface area contributed by atoms with Gasteiger partial charge in [0.05, 0.1) is 0 Å².